The Labute approximate surface area is 626 Å². The van der Waals surface area contributed by atoms with Crippen LogP contribution in [0, 0.1) is 17.8 Å². The van der Waals surface area contributed by atoms with Crippen LogP contribution in [0.3, 0.4) is 0 Å². The van der Waals surface area contributed by atoms with Crippen LogP contribution in [0.25, 0.3) is 0 Å². The maximum Gasteiger partial charge on any atom is 0.472 e. The lowest BCUT2D eigenvalue weighted by Gasteiger charge is -2.21. The summed E-state index contributed by atoms with van der Waals surface area (Å²) in [6, 6.07) is 0. The Kier molecular flexibility index (Phi) is 71.8. The summed E-state index contributed by atoms with van der Waals surface area (Å²) in [6.45, 7) is 12.0. The van der Waals surface area contributed by atoms with Gasteiger partial charge < -0.3 is 33.8 Å². The highest BCUT2D eigenvalue weighted by Crippen LogP contribution is 2.45. The van der Waals surface area contributed by atoms with Crippen molar-refractivity contribution in [3.05, 3.63) is 0 Å². The van der Waals surface area contributed by atoms with Gasteiger partial charge in [0, 0.05) is 25.7 Å². The first-order valence-corrected chi connectivity index (χ1v) is 45.8. The molecule has 19 heteroatoms. The van der Waals surface area contributed by atoms with Gasteiger partial charge in [-0.25, -0.2) is 9.13 Å². The van der Waals surface area contributed by atoms with E-state index in [1.165, 1.54) is 244 Å². The van der Waals surface area contributed by atoms with Crippen molar-refractivity contribution < 1.29 is 80.2 Å². The smallest absolute Gasteiger partial charge is 0.462 e. The van der Waals surface area contributed by atoms with Gasteiger partial charge in [-0.2, -0.15) is 0 Å². The van der Waals surface area contributed by atoms with Crippen LogP contribution in [0.2, 0.25) is 0 Å². The molecule has 0 aromatic heterocycles. The maximum absolute atomic E-state index is 13.1. The zero-order chi connectivity index (χ0) is 75.1. The van der Waals surface area contributed by atoms with Crippen LogP contribution in [0.15, 0.2) is 0 Å². The van der Waals surface area contributed by atoms with Crippen LogP contribution in [0.5, 0.6) is 0 Å². The Hall–Kier alpha value is -1.94. The first-order chi connectivity index (χ1) is 49.2. The molecular formula is C83H162O17P2. The summed E-state index contributed by atoms with van der Waals surface area (Å²) in [5.74, 6) is 0.248. The molecule has 0 saturated heterocycles. The Morgan fingerprint density at radius 3 is 0.667 bits per heavy atom. The topological polar surface area (TPSA) is 237 Å². The second-order valence-corrected chi connectivity index (χ2v) is 34.2. The first kappa shape index (κ1) is 100. The van der Waals surface area contributed by atoms with E-state index in [9.17, 15) is 43.2 Å². The van der Waals surface area contributed by atoms with Gasteiger partial charge in [0.25, 0.3) is 0 Å². The molecule has 0 aromatic rings. The number of rotatable bonds is 81. The number of esters is 4. The van der Waals surface area contributed by atoms with Gasteiger partial charge in [0.05, 0.1) is 26.4 Å². The maximum atomic E-state index is 13.1. The molecule has 0 bridgehead atoms. The number of hydrogen-bond acceptors (Lipinski definition) is 15. The van der Waals surface area contributed by atoms with Gasteiger partial charge >= 0.3 is 39.5 Å². The Bertz CT molecular complexity index is 1970. The molecule has 0 spiro atoms. The molecule has 0 aromatic carbocycles. The number of unbranched alkanes of at least 4 members (excludes halogenated alkanes) is 49. The molecular weight excluding hydrogens is 1330 g/mol. The van der Waals surface area contributed by atoms with E-state index >= 15 is 0 Å². The van der Waals surface area contributed by atoms with E-state index in [0.29, 0.717) is 25.7 Å². The SMILES string of the molecule is CCCCCCCCCCCCCCCC(=O)O[C@H](COC(=O)CCCCCCCCCCCC(C)C)COP(=O)(O)OC[C@H](O)COP(=O)(O)OC[C@@H](COC(=O)CCCCCCCCCCCCCCCC(C)C)OC(=O)CCCCCCCCCCCCCCCCCCCCC(C)C. The molecule has 5 atom stereocenters. The van der Waals surface area contributed by atoms with Crippen LogP contribution < -0.4 is 0 Å². The lowest BCUT2D eigenvalue weighted by Crippen LogP contribution is -2.30. The predicted molar refractivity (Wildman–Crippen MR) is 418 cm³/mol. The van der Waals surface area contributed by atoms with Gasteiger partial charge in [-0.15, -0.1) is 0 Å². The van der Waals surface area contributed by atoms with E-state index in [1.807, 2.05) is 0 Å². The van der Waals surface area contributed by atoms with E-state index < -0.39 is 97.5 Å². The van der Waals surface area contributed by atoms with Crippen molar-refractivity contribution in [3.63, 3.8) is 0 Å². The molecule has 3 N–H and O–H groups in total. The Morgan fingerprint density at radius 2 is 0.451 bits per heavy atom. The minimum Gasteiger partial charge on any atom is -0.462 e. The fourth-order valence-corrected chi connectivity index (χ4v) is 14.4. The number of hydrogen-bond donors (Lipinski definition) is 3. The van der Waals surface area contributed by atoms with Crippen LogP contribution in [0.1, 0.15) is 434 Å². The van der Waals surface area contributed by atoms with Crippen molar-refractivity contribution in [2.45, 2.75) is 452 Å². The fraction of sp³-hybridized carbons (Fsp3) is 0.952. The number of aliphatic hydroxyl groups excluding tert-OH is 1. The van der Waals surface area contributed by atoms with Crippen LogP contribution in [-0.4, -0.2) is 96.7 Å². The number of phosphoric acid groups is 2. The highest BCUT2D eigenvalue weighted by atomic mass is 31.2. The first-order valence-electron chi connectivity index (χ1n) is 42.8. The third-order valence-electron chi connectivity index (χ3n) is 19.4. The molecule has 0 fully saturated rings. The fourth-order valence-electron chi connectivity index (χ4n) is 12.8. The number of carbonyl (C=O) groups is 4. The second kappa shape index (κ2) is 73.2. The molecule has 0 radical (unpaired) electrons. The molecule has 2 unspecified atom stereocenters. The van der Waals surface area contributed by atoms with E-state index in [-0.39, 0.29) is 25.7 Å². The van der Waals surface area contributed by atoms with Gasteiger partial charge in [-0.3, -0.25) is 37.3 Å². The zero-order valence-corrected chi connectivity index (χ0v) is 68.9. The molecule has 102 heavy (non-hydrogen) atoms. The lowest BCUT2D eigenvalue weighted by molar-refractivity contribution is -0.161. The molecule has 0 saturated carbocycles. The van der Waals surface area contributed by atoms with E-state index in [4.69, 9.17) is 37.0 Å². The van der Waals surface area contributed by atoms with Crippen molar-refractivity contribution in [1.29, 1.82) is 0 Å². The highest BCUT2D eigenvalue weighted by Gasteiger charge is 2.30. The van der Waals surface area contributed by atoms with Gasteiger partial charge in [-0.1, -0.05) is 382 Å². The van der Waals surface area contributed by atoms with Crippen molar-refractivity contribution in [1.82, 2.24) is 0 Å². The summed E-state index contributed by atoms with van der Waals surface area (Å²) in [4.78, 5) is 73.1. The van der Waals surface area contributed by atoms with Gasteiger partial charge in [-0.05, 0) is 43.4 Å². The molecule has 0 heterocycles. The van der Waals surface area contributed by atoms with E-state index in [0.717, 1.165) is 108 Å². The van der Waals surface area contributed by atoms with Crippen molar-refractivity contribution in [2.24, 2.45) is 17.8 Å². The number of ether oxygens (including phenoxy) is 4. The third-order valence-corrected chi connectivity index (χ3v) is 21.3. The van der Waals surface area contributed by atoms with Crippen LogP contribution >= 0.6 is 15.6 Å². The summed E-state index contributed by atoms with van der Waals surface area (Å²) in [5.41, 5.74) is 0. The molecule has 0 rings (SSSR count). The molecule has 0 aliphatic heterocycles. The molecule has 606 valence electrons. The Morgan fingerprint density at radius 1 is 0.265 bits per heavy atom. The Balaban J connectivity index is 5.24. The minimum absolute atomic E-state index is 0.107. The minimum atomic E-state index is -4.96. The number of aliphatic hydroxyl groups is 1. The summed E-state index contributed by atoms with van der Waals surface area (Å²) in [7, 11) is -9.92. The quantitative estimate of drug-likeness (QED) is 0.0222. The van der Waals surface area contributed by atoms with Crippen LogP contribution in [-0.2, 0) is 65.4 Å². The van der Waals surface area contributed by atoms with Gasteiger partial charge in [0.2, 0.25) is 0 Å². The average Bonchev–Trinajstić information content (AvgIpc) is 0.906. The summed E-state index contributed by atoms with van der Waals surface area (Å²) in [5, 5.41) is 10.7. The van der Waals surface area contributed by atoms with Gasteiger partial charge in [0.15, 0.2) is 12.2 Å². The molecule has 0 aliphatic rings. The monoisotopic (exact) mass is 1490 g/mol. The van der Waals surface area contributed by atoms with Crippen molar-refractivity contribution in [3.8, 4) is 0 Å². The van der Waals surface area contributed by atoms with E-state index in [2.05, 4.69) is 48.5 Å². The zero-order valence-electron chi connectivity index (χ0n) is 67.1. The molecule has 0 aliphatic carbocycles. The van der Waals surface area contributed by atoms with Crippen molar-refractivity contribution >= 4 is 39.5 Å². The highest BCUT2D eigenvalue weighted by molar-refractivity contribution is 7.47. The molecule has 17 nitrogen and oxygen atoms in total. The third kappa shape index (κ3) is 76.3. The normalized spacial score (nSPS) is 13.9. The summed E-state index contributed by atoms with van der Waals surface area (Å²) in [6.07, 6.45) is 62.4. The van der Waals surface area contributed by atoms with Crippen LogP contribution in [0.4, 0.5) is 0 Å². The second-order valence-electron chi connectivity index (χ2n) is 31.3. The lowest BCUT2D eigenvalue weighted by atomic mass is 10.0. The average molecular weight is 1490 g/mol. The largest absolute Gasteiger partial charge is 0.472 e. The number of phosphoric ester groups is 2. The summed E-state index contributed by atoms with van der Waals surface area (Å²) < 4.78 is 68.8. The van der Waals surface area contributed by atoms with Crippen molar-refractivity contribution in [2.75, 3.05) is 39.6 Å². The predicted octanol–water partition coefficient (Wildman–Crippen LogP) is 24.9. The number of carbonyl (C=O) groups excluding carboxylic acids is 4. The molecule has 0 amide bonds. The van der Waals surface area contributed by atoms with E-state index in [1.54, 1.807) is 0 Å². The summed E-state index contributed by atoms with van der Waals surface area (Å²) >= 11 is 0. The van der Waals surface area contributed by atoms with Gasteiger partial charge in [0.1, 0.15) is 19.3 Å². The standard InChI is InChI=1S/C83H162O17P2/c1-8-9-10-11-12-13-14-22-30-37-45-52-59-66-82(87)100-79(71-94-81(86)65-58-51-44-39-32-35-42-49-56-63-76(6)7)73-98-102(91,92)96-69-77(84)68-95-101(89,90)97-72-78(70-93-80(85)64-57-50-43-36-29-26-21-24-28-34-41-48-55-62-75(4)5)99-83(88)67-60-53-46-38-31-25-20-18-16-15-17-19-23-27-33-40-47-54-61-74(2)3/h74-79,84H,8-73H2,1-7H3,(H,89,90)(H,91,92)/t77-,78-,79-/m1/s1.